The first-order valence-corrected chi connectivity index (χ1v) is 8.53. The molecule has 19 heavy (non-hydrogen) atoms. The smallest absolute Gasteiger partial charge is 0.169 e. The van der Waals surface area contributed by atoms with Gasteiger partial charge in [0.15, 0.2) is 5.11 Å². The summed E-state index contributed by atoms with van der Waals surface area (Å²) in [5.41, 5.74) is 0. The van der Waals surface area contributed by atoms with Crippen LogP contribution in [0.4, 0.5) is 0 Å². The minimum atomic E-state index is 0.654. The predicted molar refractivity (Wildman–Crippen MR) is 83.4 cm³/mol. The van der Waals surface area contributed by atoms with Gasteiger partial charge in [-0.15, -0.1) is 0 Å². The van der Waals surface area contributed by atoms with E-state index < -0.39 is 0 Å². The second kappa shape index (κ2) is 6.40. The lowest BCUT2D eigenvalue weighted by Gasteiger charge is -2.32. The number of likely N-dealkylation sites (tertiary alicyclic amines) is 2. The van der Waals surface area contributed by atoms with Gasteiger partial charge in [0.2, 0.25) is 0 Å². The Morgan fingerprint density at radius 3 is 2.37 bits per heavy atom. The van der Waals surface area contributed by atoms with Crippen LogP contribution < -0.4 is 5.32 Å². The van der Waals surface area contributed by atoms with Gasteiger partial charge in [0.25, 0.3) is 0 Å². The largest absolute Gasteiger partial charge is 0.360 e. The highest BCUT2D eigenvalue weighted by Gasteiger charge is 2.30. The molecule has 1 aliphatic carbocycles. The Hall–Kier alpha value is -0.350. The fourth-order valence-electron chi connectivity index (χ4n) is 3.84. The number of nitrogens with zero attached hydrogens (tertiary/aromatic N) is 2. The maximum atomic E-state index is 5.60. The first kappa shape index (κ1) is 13.6. The minimum absolute atomic E-state index is 0.654. The molecule has 1 unspecified atom stereocenters. The van der Waals surface area contributed by atoms with Crippen LogP contribution in [0, 0.1) is 0 Å². The van der Waals surface area contributed by atoms with Crippen molar-refractivity contribution in [2.75, 3.05) is 26.2 Å². The molecule has 0 radical (unpaired) electrons. The van der Waals surface area contributed by atoms with Crippen LogP contribution in [0.15, 0.2) is 0 Å². The van der Waals surface area contributed by atoms with Gasteiger partial charge < -0.3 is 10.2 Å². The third-order valence-corrected chi connectivity index (χ3v) is 5.42. The van der Waals surface area contributed by atoms with Crippen LogP contribution in [0.5, 0.6) is 0 Å². The monoisotopic (exact) mass is 281 g/mol. The highest BCUT2D eigenvalue weighted by molar-refractivity contribution is 7.80. The van der Waals surface area contributed by atoms with Crippen molar-refractivity contribution in [3.63, 3.8) is 0 Å². The summed E-state index contributed by atoms with van der Waals surface area (Å²) in [6.45, 7) is 4.92. The van der Waals surface area contributed by atoms with Gasteiger partial charge in [0.05, 0.1) is 0 Å². The zero-order chi connectivity index (χ0) is 13.1. The molecule has 0 bridgehead atoms. The lowest BCUT2D eigenvalue weighted by Crippen LogP contribution is -2.45. The molecule has 4 heteroatoms. The van der Waals surface area contributed by atoms with Crippen LogP contribution in [-0.4, -0.2) is 53.2 Å². The van der Waals surface area contributed by atoms with Crippen molar-refractivity contribution in [1.82, 2.24) is 15.1 Å². The average Bonchev–Trinajstić information content (AvgIpc) is 3.10. The topological polar surface area (TPSA) is 18.5 Å². The highest BCUT2D eigenvalue weighted by atomic mass is 32.1. The van der Waals surface area contributed by atoms with E-state index in [-0.39, 0.29) is 0 Å². The van der Waals surface area contributed by atoms with Crippen molar-refractivity contribution in [3.05, 3.63) is 0 Å². The molecule has 3 aliphatic rings. The van der Waals surface area contributed by atoms with Crippen molar-refractivity contribution < 1.29 is 0 Å². The number of hydrogen-bond acceptors (Lipinski definition) is 2. The zero-order valence-electron chi connectivity index (χ0n) is 11.9. The first-order chi connectivity index (χ1) is 9.33. The first-order valence-electron chi connectivity index (χ1n) is 8.12. The molecule has 1 atom stereocenters. The summed E-state index contributed by atoms with van der Waals surface area (Å²) < 4.78 is 0. The maximum Gasteiger partial charge on any atom is 0.169 e. The molecular formula is C15H27N3S. The van der Waals surface area contributed by atoms with Crippen LogP contribution in [0.2, 0.25) is 0 Å². The van der Waals surface area contributed by atoms with E-state index >= 15 is 0 Å². The van der Waals surface area contributed by atoms with Crippen LogP contribution >= 0.6 is 12.2 Å². The minimum Gasteiger partial charge on any atom is -0.360 e. The summed E-state index contributed by atoms with van der Waals surface area (Å²) in [6.07, 6.45) is 10.9. The van der Waals surface area contributed by atoms with Gasteiger partial charge >= 0.3 is 0 Å². The quantitative estimate of drug-likeness (QED) is 0.783. The Morgan fingerprint density at radius 2 is 1.63 bits per heavy atom. The molecule has 108 valence electrons. The van der Waals surface area contributed by atoms with E-state index in [0.29, 0.717) is 6.04 Å². The van der Waals surface area contributed by atoms with Gasteiger partial charge in [0, 0.05) is 25.2 Å². The number of thiocarbonyl (C=S) groups is 1. The van der Waals surface area contributed by atoms with E-state index in [9.17, 15) is 0 Å². The molecule has 0 aromatic rings. The normalized spacial score (nSPS) is 29.9. The molecule has 2 saturated heterocycles. The van der Waals surface area contributed by atoms with Crippen molar-refractivity contribution in [2.24, 2.45) is 0 Å². The Bertz CT molecular complexity index is 309. The summed E-state index contributed by atoms with van der Waals surface area (Å²) in [7, 11) is 0. The van der Waals surface area contributed by atoms with Crippen molar-refractivity contribution in [2.45, 2.75) is 63.5 Å². The Balaban J connectivity index is 1.46. The summed E-state index contributed by atoms with van der Waals surface area (Å²) in [5, 5.41) is 4.60. The fraction of sp³-hybridized carbons (Fsp3) is 0.933. The summed E-state index contributed by atoms with van der Waals surface area (Å²) in [5.74, 6) is 0. The molecule has 3 rings (SSSR count). The second-order valence-corrected chi connectivity index (χ2v) is 6.80. The van der Waals surface area contributed by atoms with E-state index in [1.807, 2.05) is 0 Å². The van der Waals surface area contributed by atoms with Crippen LogP contribution in [0.1, 0.15) is 51.4 Å². The molecule has 3 nitrogen and oxygen atoms in total. The van der Waals surface area contributed by atoms with Gasteiger partial charge in [0.1, 0.15) is 0 Å². The van der Waals surface area contributed by atoms with E-state index in [0.717, 1.165) is 24.2 Å². The molecule has 0 aromatic heterocycles. The molecule has 0 amide bonds. The maximum absolute atomic E-state index is 5.60. The number of nitrogens with one attached hydrogen (secondary N) is 1. The molecule has 1 N–H and O–H groups in total. The molecule has 2 aliphatic heterocycles. The summed E-state index contributed by atoms with van der Waals surface area (Å²) in [4.78, 5) is 5.11. The summed E-state index contributed by atoms with van der Waals surface area (Å²) in [6, 6.07) is 1.41. The lowest BCUT2D eigenvalue weighted by molar-refractivity contribution is 0.169. The highest BCUT2D eigenvalue weighted by Crippen LogP contribution is 2.22. The number of hydrogen-bond donors (Lipinski definition) is 1. The number of piperidine rings is 1. The Morgan fingerprint density at radius 1 is 0.895 bits per heavy atom. The lowest BCUT2D eigenvalue weighted by atomic mass is 10.1. The molecule has 3 fully saturated rings. The van der Waals surface area contributed by atoms with E-state index in [4.69, 9.17) is 12.2 Å². The average molecular weight is 281 g/mol. The van der Waals surface area contributed by atoms with Crippen molar-refractivity contribution in [3.8, 4) is 0 Å². The Kier molecular flexibility index (Phi) is 4.59. The Labute approximate surface area is 122 Å². The van der Waals surface area contributed by atoms with E-state index in [2.05, 4.69) is 15.1 Å². The zero-order valence-corrected chi connectivity index (χ0v) is 12.8. The molecular weight excluding hydrogens is 254 g/mol. The van der Waals surface area contributed by atoms with Crippen LogP contribution in [0.25, 0.3) is 0 Å². The van der Waals surface area contributed by atoms with Gasteiger partial charge in [-0.1, -0.05) is 19.3 Å². The molecule has 1 saturated carbocycles. The molecule has 0 spiro atoms. The van der Waals surface area contributed by atoms with Crippen LogP contribution in [-0.2, 0) is 0 Å². The second-order valence-electron chi connectivity index (χ2n) is 6.42. The van der Waals surface area contributed by atoms with Crippen LogP contribution in [0.3, 0.4) is 0 Å². The van der Waals surface area contributed by atoms with E-state index in [1.165, 1.54) is 64.5 Å². The van der Waals surface area contributed by atoms with Gasteiger partial charge in [-0.3, -0.25) is 4.90 Å². The van der Waals surface area contributed by atoms with Gasteiger partial charge in [-0.25, -0.2) is 0 Å². The molecule has 2 heterocycles. The third kappa shape index (κ3) is 3.40. The number of rotatable bonds is 2. The van der Waals surface area contributed by atoms with Gasteiger partial charge in [-0.2, -0.15) is 0 Å². The molecule has 0 aromatic carbocycles. The fourth-order valence-corrected chi connectivity index (χ4v) is 4.18. The standard InChI is InChI=1S/C15H27N3S/c19-15(16-13-6-2-3-7-13)18-11-8-14(12-18)17-9-4-1-5-10-17/h13-14H,1-12H2,(H,16,19). The summed E-state index contributed by atoms with van der Waals surface area (Å²) >= 11 is 5.60. The van der Waals surface area contributed by atoms with Crippen molar-refractivity contribution in [1.29, 1.82) is 0 Å². The van der Waals surface area contributed by atoms with Gasteiger partial charge in [-0.05, 0) is 57.4 Å². The third-order valence-electron chi connectivity index (χ3n) is 5.04. The van der Waals surface area contributed by atoms with Crippen molar-refractivity contribution >= 4 is 17.3 Å². The SMILES string of the molecule is S=C(NC1CCCC1)N1CCC(N2CCCCC2)C1. The predicted octanol–water partition coefficient (Wildman–Crippen LogP) is 2.36. The van der Waals surface area contributed by atoms with E-state index in [1.54, 1.807) is 0 Å².